The number of aryl methyl sites for hydroxylation is 2. The summed E-state index contributed by atoms with van der Waals surface area (Å²) in [5.41, 5.74) is 3.33. The second kappa shape index (κ2) is 5.69. The number of hydrogen-bond donors (Lipinski definition) is 1. The van der Waals surface area contributed by atoms with Crippen molar-refractivity contribution in [2.24, 2.45) is 0 Å². The number of anilines is 1. The van der Waals surface area contributed by atoms with E-state index in [9.17, 15) is 0 Å². The fourth-order valence-electron chi connectivity index (χ4n) is 2.53. The van der Waals surface area contributed by atoms with Crippen LogP contribution >= 0.6 is 0 Å². The maximum Gasteiger partial charge on any atom is 0.156 e. The van der Waals surface area contributed by atoms with Gasteiger partial charge in [-0.2, -0.15) is 0 Å². The number of fused-ring (bicyclic) bond motifs is 1. The van der Waals surface area contributed by atoms with E-state index in [2.05, 4.69) is 34.3 Å². The van der Waals surface area contributed by atoms with Crippen molar-refractivity contribution in [3.8, 4) is 5.75 Å². The van der Waals surface area contributed by atoms with Crippen molar-refractivity contribution in [3.63, 3.8) is 0 Å². The maximum absolute atomic E-state index is 5.72. The van der Waals surface area contributed by atoms with E-state index in [1.54, 1.807) is 7.11 Å². The molecule has 0 fully saturated rings. The Balaban J connectivity index is 1.84. The maximum atomic E-state index is 5.72. The van der Waals surface area contributed by atoms with Crippen molar-refractivity contribution in [3.05, 3.63) is 46.9 Å². The van der Waals surface area contributed by atoms with Crippen LogP contribution in [0, 0.1) is 13.8 Å². The standard InChI is InChI=1S/C16H19N3O2/c1-10-4-5-14-12(6-10)13(8-21-14)18-15-7-11(2)17-16(19-15)9-20-3/h4-7,13H,8-9H2,1-3H3,(H,17,18,19). The second-order valence-electron chi connectivity index (χ2n) is 5.29. The summed E-state index contributed by atoms with van der Waals surface area (Å²) in [4.78, 5) is 8.83. The zero-order valence-corrected chi connectivity index (χ0v) is 12.5. The molecule has 0 amide bonds. The largest absolute Gasteiger partial charge is 0.491 e. The molecule has 1 N–H and O–H groups in total. The molecule has 0 aliphatic carbocycles. The molecule has 2 heterocycles. The smallest absolute Gasteiger partial charge is 0.156 e. The van der Waals surface area contributed by atoms with Gasteiger partial charge in [-0.1, -0.05) is 17.7 Å². The lowest BCUT2D eigenvalue weighted by Crippen LogP contribution is -2.14. The van der Waals surface area contributed by atoms with Gasteiger partial charge in [0.25, 0.3) is 0 Å². The minimum atomic E-state index is 0.115. The molecule has 0 radical (unpaired) electrons. The normalized spacial score (nSPS) is 16.4. The predicted molar refractivity (Wildman–Crippen MR) is 80.5 cm³/mol. The van der Waals surface area contributed by atoms with Gasteiger partial charge >= 0.3 is 0 Å². The molecule has 5 heteroatoms. The van der Waals surface area contributed by atoms with E-state index < -0.39 is 0 Å². The van der Waals surface area contributed by atoms with Crippen LogP contribution in [0.4, 0.5) is 5.82 Å². The van der Waals surface area contributed by atoms with Crippen LogP contribution in [0.25, 0.3) is 0 Å². The van der Waals surface area contributed by atoms with Gasteiger partial charge in [0.15, 0.2) is 5.82 Å². The first-order valence-electron chi connectivity index (χ1n) is 6.99. The van der Waals surface area contributed by atoms with Crippen LogP contribution in [0.5, 0.6) is 5.75 Å². The Kier molecular flexibility index (Phi) is 3.75. The van der Waals surface area contributed by atoms with Gasteiger partial charge in [-0.3, -0.25) is 0 Å². The Bertz CT molecular complexity index is 658. The van der Waals surface area contributed by atoms with Crippen LogP contribution in [0.15, 0.2) is 24.3 Å². The van der Waals surface area contributed by atoms with Crippen LogP contribution in [0.1, 0.15) is 28.7 Å². The Morgan fingerprint density at radius 1 is 1.29 bits per heavy atom. The number of ether oxygens (including phenoxy) is 2. The number of aromatic nitrogens is 2. The highest BCUT2D eigenvalue weighted by atomic mass is 16.5. The van der Waals surface area contributed by atoms with E-state index in [1.165, 1.54) is 11.1 Å². The highest BCUT2D eigenvalue weighted by Gasteiger charge is 2.24. The molecule has 1 aromatic heterocycles. The molecule has 0 saturated heterocycles. The Hall–Kier alpha value is -2.14. The summed E-state index contributed by atoms with van der Waals surface area (Å²) in [5.74, 6) is 2.43. The monoisotopic (exact) mass is 285 g/mol. The summed E-state index contributed by atoms with van der Waals surface area (Å²) in [6.07, 6.45) is 0. The molecular formula is C16H19N3O2. The van der Waals surface area contributed by atoms with Crippen LogP contribution in [0.2, 0.25) is 0 Å². The molecule has 1 unspecified atom stereocenters. The van der Waals surface area contributed by atoms with Gasteiger partial charge in [0.05, 0.1) is 6.04 Å². The zero-order valence-electron chi connectivity index (χ0n) is 12.5. The number of nitrogens with one attached hydrogen (secondary N) is 1. The topological polar surface area (TPSA) is 56.3 Å². The van der Waals surface area contributed by atoms with Gasteiger partial charge < -0.3 is 14.8 Å². The number of nitrogens with zero attached hydrogens (tertiary/aromatic N) is 2. The molecule has 2 aromatic rings. The SMILES string of the molecule is COCc1nc(C)cc(NC2COc3ccc(C)cc32)n1. The Morgan fingerprint density at radius 3 is 2.95 bits per heavy atom. The average molecular weight is 285 g/mol. The van der Waals surface area contributed by atoms with Crippen molar-refractivity contribution in [1.82, 2.24) is 9.97 Å². The van der Waals surface area contributed by atoms with Crippen molar-refractivity contribution >= 4 is 5.82 Å². The van der Waals surface area contributed by atoms with Crippen molar-refractivity contribution in [1.29, 1.82) is 0 Å². The molecule has 0 saturated carbocycles. The molecular weight excluding hydrogens is 266 g/mol. The molecule has 1 aromatic carbocycles. The Morgan fingerprint density at radius 2 is 2.14 bits per heavy atom. The molecule has 1 atom stereocenters. The molecule has 1 aliphatic heterocycles. The van der Waals surface area contributed by atoms with E-state index in [0.29, 0.717) is 19.0 Å². The van der Waals surface area contributed by atoms with Gasteiger partial charge in [0, 0.05) is 24.4 Å². The summed E-state index contributed by atoms with van der Waals surface area (Å²) in [5, 5.41) is 3.43. The first-order valence-corrected chi connectivity index (χ1v) is 6.99. The van der Waals surface area contributed by atoms with E-state index in [1.807, 2.05) is 19.1 Å². The van der Waals surface area contributed by atoms with E-state index in [4.69, 9.17) is 9.47 Å². The summed E-state index contributed by atoms with van der Waals surface area (Å²) in [6.45, 7) is 5.06. The van der Waals surface area contributed by atoms with Crippen molar-refractivity contribution in [2.75, 3.05) is 19.0 Å². The number of hydrogen-bond acceptors (Lipinski definition) is 5. The lowest BCUT2D eigenvalue weighted by Gasteiger charge is -2.14. The minimum absolute atomic E-state index is 0.115. The fraction of sp³-hybridized carbons (Fsp3) is 0.375. The zero-order chi connectivity index (χ0) is 14.8. The molecule has 5 nitrogen and oxygen atoms in total. The number of rotatable bonds is 4. The quantitative estimate of drug-likeness (QED) is 0.936. The lowest BCUT2D eigenvalue weighted by atomic mass is 10.1. The summed E-state index contributed by atoms with van der Waals surface area (Å²) in [7, 11) is 1.64. The molecule has 1 aliphatic rings. The highest BCUT2D eigenvalue weighted by molar-refractivity contribution is 5.48. The summed E-state index contributed by atoms with van der Waals surface area (Å²) >= 11 is 0. The number of methoxy groups -OCH3 is 1. The molecule has 21 heavy (non-hydrogen) atoms. The van der Waals surface area contributed by atoms with Crippen LogP contribution in [-0.4, -0.2) is 23.7 Å². The van der Waals surface area contributed by atoms with Crippen molar-refractivity contribution < 1.29 is 9.47 Å². The first kappa shape index (κ1) is 13.8. The summed E-state index contributed by atoms with van der Waals surface area (Å²) < 4.78 is 10.8. The number of benzene rings is 1. The highest BCUT2D eigenvalue weighted by Crippen LogP contribution is 2.34. The molecule has 110 valence electrons. The molecule has 3 rings (SSSR count). The van der Waals surface area contributed by atoms with Crippen molar-refractivity contribution in [2.45, 2.75) is 26.5 Å². The first-order chi connectivity index (χ1) is 10.2. The average Bonchev–Trinajstić information content (AvgIpc) is 2.81. The lowest BCUT2D eigenvalue weighted by molar-refractivity contribution is 0.177. The van der Waals surface area contributed by atoms with E-state index >= 15 is 0 Å². The van der Waals surface area contributed by atoms with Gasteiger partial charge in [0.2, 0.25) is 0 Å². The second-order valence-corrected chi connectivity index (χ2v) is 5.29. The van der Waals surface area contributed by atoms with Gasteiger partial charge in [-0.25, -0.2) is 9.97 Å². The van der Waals surface area contributed by atoms with Crippen LogP contribution in [-0.2, 0) is 11.3 Å². The minimum Gasteiger partial charge on any atom is -0.491 e. The predicted octanol–water partition coefficient (Wildman–Crippen LogP) is 2.79. The van der Waals surface area contributed by atoms with E-state index in [-0.39, 0.29) is 6.04 Å². The van der Waals surface area contributed by atoms with Crippen LogP contribution < -0.4 is 10.1 Å². The third-order valence-electron chi connectivity index (χ3n) is 3.44. The fourth-order valence-corrected chi connectivity index (χ4v) is 2.53. The third kappa shape index (κ3) is 2.97. The van der Waals surface area contributed by atoms with E-state index in [0.717, 1.165) is 17.3 Å². The summed E-state index contributed by atoms with van der Waals surface area (Å²) in [6, 6.07) is 8.29. The van der Waals surface area contributed by atoms with Gasteiger partial charge in [-0.05, 0) is 19.9 Å². The molecule has 0 spiro atoms. The van der Waals surface area contributed by atoms with Gasteiger partial charge in [-0.15, -0.1) is 0 Å². The van der Waals surface area contributed by atoms with Gasteiger partial charge in [0.1, 0.15) is 24.8 Å². The Labute approximate surface area is 124 Å². The third-order valence-corrected chi connectivity index (χ3v) is 3.44. The molecule has 0 bridgehead atoms. The van der Waals surface area contributed by atoms with Crippen LogP contribution in [0.3, 0.4) is 0 Å².